The lowest BCUT2D eigenvalue weighted by molar-refractivity contribution is -0.0988. The van der Waals surface area contributed by atoms with Gasteiger partial charge in [0.1, 0.15) is 18.1 Å². The number of methoxy groups -OCH3 is 2. The summed E-state index contributed by atoms with van der Waals surface area (Å²) < 4.78 is 48.8. The molecule has 0 aromatic heterocycles. The fourth-order valence-electron chi connectivity index (χ4n) is 5.40. The molecule has 0 aliphatic carbocycles. The van der Waals surface area contributed by atoms with Gasteiger partial charge in [0.25, 0.3) is 0 Å². The maximum absolute atomic E-state index is 12.3. The van der Waals surface area contributed by atoms with E-state index in [-0.39, 0.29) is 41.4 Å². The standard InChI is InChI=1S/C38H70O9Si2/c1-16-30(25-44-27-42-22-21-40-10)33(39)32(26-45-48(12,13)36(3,4)5)35(47-49(14,15)37(6,7)8)38(9)34(46-38)28(2)23-43-24-29-17-19-31(41-11)20-18-29/h16-20,28,30,32-35,39H,1,21-27H2,2-15H3/t28-,30-,32-,33+,34+,35-,38?/m0/s1. The molecule has 2 rings (SSSR count). The highest BCUT2D eigenvalue weighted by Crippen LogP contribution is 2.51. The van der Waals surface area contributed by atoms with Crippen LogP contribution in [0.2, 0.25) is 36.3 Å². The Labute approximate surface area is 300 Å². The first kappa shape index (κ1) is 44.0. The van der Waals surface area contributed by atoms with Gasteiger partial charge in [-0.1, -0.05) is 66.7 Å². The summed E-state index contributed by atoms with van der Waals surface area (Å²) in [7, 11) is -1.25. The Hall–Kier alpha value is -1.13. The highest BCUT2D eigenvalue weighted by atomic mass is 28.4. The monoisotopic (exact) mass is 726 g/mol. The molecule has 9 nitrogen and oxygen atoms in total. The molecule has 1 heterocycles. The van der Waals surface area contributed by atoms with Crippen molar-refractivity contribution >= 4 is 16.6 Å². The van der Waals surface area contributed by atoms with Gasteiger partial charge in [-0.2, -0.15) is 0 Å². The van der Waals surface area contributed by atoms with Gasteiger partial charge in [0.15, 0.2) is 16.6 Å². The number of aliphatic hydroxyl groups excluding tert-OH is 1. The lowest BCUT2D eigenvalue weighted by Crippen LogP contribution is -2.56. The van der Waals surface area contributed by atoms with Crippen molar-refractivity contribution in [3.05, 3.63) is 42.5 Å². The SMILES string of the molecule is C=C[C@@H](COCOCCOC)[C@@H](O)[C@H](CO[Si](C)(C)C(C)(C)C)[C@H](O[Si](C)(C)C(C)(C)C)C1(C)O[C@@H]1[C@@H](C)COCc1ccc(OC)cc1. The van der Waals surface area contributed by atoms with Crippen LogP contribution in [0.15, 0.2) is 36.9 Å². The Morgan fingerprint density at radius 1 is 0.898 bits per heavy atom. The van der Waals surface area contributed by atoms with Crippen LogP contribution in [-0.4, -0.2) is 99.7 Å². The van der Waals surface area contributed by atoms with Gasteiger partial charge in [0, 0.05) is 31.5 Å². The Morgan fingerprint density at radius 3 is 2.04 bits per heavy atom. The molecule has 284 valence electrons. The molecule has 11 heteroatoms. The fraction of sp³-hybridized carbons (Fsp3) is 0.789. The number of hydrogen-bond donors (Lipinski definition) is 1. The summed E-state index contributed by atoms with van der Waals surface area (Å²) in [5.41, 5.74) is 0.427. The van der Waals surface area contributed by atoms with Crippen LogP contribution < -0.4 is 4.74 Å². The number of ether oxygens (including phenoxy) is 6. The van der Waals surface area contributed by atoms with Gasteiger partial charge in [0.05, 0.1) is 58.5 Å². The topological polar surface area (TPSA) is 97.4 Å². The summed E-state index contributed by atoms with van der Waals surface area (Å²) in [5.74, 6) is 0.125. The van der Waals surface area contributed by atoms with Crippen molar-refractivity contribution in [2.45, 2.75) is 122 Å². The summed E-state index contributed by atoms with van der Waals surface area (Å²) >= 11 is 0. The normalized spacial score (nSPS) is 21.9. The predicted molar refractivity (Wildman–Crippen MR) is 202 cm³/mol. The van der Waals surface area contributed by atoms with Crippen LogP contribution in [0.25, 0.3) is 0 Å². The Balaban J connectivity index is 2.39. The van der Waals surface area contributed by atoms with Crippen LogP contribution in [0, 0.1) is 17.8 Å². The number of benzene rings is 1. The van der Waals surface area contributed by atoms with Crippen LogP contribution in [0.5, 0.6) is 5.75 Å². The molecule has 0 bridgehead atoms. The molecule has 7 atom stereocenters. The minimum Gasteiger partial charge on any atom is -0.497 e. The van der Waals surface area contributed by atoms with Crippen LogP contribution in [-0.2, 0) is 39.1 Å². The van der Waals surface area contributed by atoms with Crippen LogP contribution >= 0.6 is 0 Å². The Bertz CT molecular complexity index is 1120. The highest BCUT2D eigenvalue weighted by molar-refractivity contribution is 6.74. The third-order valence-corrected chi connectivity index (χ3v) is 19.9. The van der Waals surface area contributed by atoms with Crippen molar-refractivity contribution in [2.75, 3.05) is 54.0 Å². The van der Waals surface area contributed by atoms with E-state index in [0.717, 1.165) is 11.3 Å². The number of epoxide rings is 1. The van der Waals surface area contributed by atoms with E-state index in [0.29, 0.717) is 33.0 Å². The minimum absolute atomic E-state index is 0.00294. The van der Waals surface area contributed by atoms with Gasteiger partial charge in [0.2, 0.25) is 0 Å². The van der Waals surface area contributed by atoms with Crippen molar-refractivity contribution in [2.24, 2.45) is 17.8 Å². The number of hydrogen-bond acceptors (Lipinski definition) is 9. The quantitative estimate of drug-likeness (QED) is 0.0398. The average Bonchev–Trinajstić information content (AvgIpc) is 3.71. The predicted octanol–water partition coefficient (Wildman–Crippen LogP) is 7.83. The van der Waals surface area contributed by atoms with Gasteiger partial charge < -0.3 is 42.4 Å². The summed E-state index contributed by atoms with van der Waals surface area (Å²) in [4.78, 5) is 0. The summed E-state index contributed by atoms with van der Waals surface area (Å²) in [6.07, 6.45) is 0.349. The van der Waals surface area contributed by atoms with Gasteiger partial charge in [-0.3, -0.25) is 0 Å². The lowest BCUT2D eigenvalue weighted by Gasteiger charge is -2.46. The number of rotatable bonds is 23. The third kappa shape index (κ3) is 12.5. The van der Waals surface area contributed by atoms with Crippen LogP contribution in [0.4, 0.5) is 0 Å². The van der Waals surface area contributed by atoms with E-state index in [1.165, 1.54) is 0 Å². The summed E-state index contributed by atoms with van der Waals surface area (Å²) in [6, 6.07) is 7.92. The zero-order chi connectivity index (χ0) is 37.3. The van der Waals surface area contributed by atoms with E-state index in [1.54, 1.807) is 20.3 Å². The lowest BCUT2D eigenvalue weighted by atomic mass is 9.80. The van der Waals surface area contributed by atoms with E-state index < -0.39 is 40.4 Å². The van der Waals surface area contributed by atoms with E-state index in [1.807, 2.05) is 24.3 Å². The molecule has 0 radical (unpaired) electrons. The van der Waals surface area contributed by atoms with Gasteiger partial charge >= 0.3 is 0 Å². The molecule has 0 amide bonds. The smallest absolute Gasteiger partial charge is 0.192 e. The molecule has 1 N–H and O–H groups in total. The maximum atomic E-state index is 12.3. The van der Waals surface area contributed by atoms with Crippen molar-refractivity contribution in [3.8, 4) is 5.75 Å². The van der Waals surface area contributed by atoms with Gasteiger partial charge in [-0.05, 0) is 60.9 Å². The molecular weight excluding hydrogens is 657 g/mol. The molecule has 1 aliphatic rings. The maximum Gasteiger partial charge on any atom is 0.192 e. The Kier molecular flexibility index (Phi) is 16.7. The second kappa shape index (κ2) is 18.6. The second-order valence-electron chi connectivity index (χ2n) is 16.9. The highest BCUT2D eigenvalue weighted by Gasteiger charge is 2.64. The number of aliphatic hydroxyl groups is 1. The molecule has 1 aromatic rings. The first-order chi connectivity index (χ1) is 22.6. The molecule has 1 aliphatic heterocycles. The van der Waals surface area contributed by atoms with Gasteiger partial charge in [-0.25, -0.2) is 0 Å². The van der Waals surface area contributed by atoms with Crippen molar-refractivity contribution < 1.29 is 42.4 Å². The van der Waals surface area contributed by atoms with E-state index in [2.05, 4.69) is 88.2 Å². The zero-order valence-electron chi connectivity index (χ0n) is 33.2. The minimum atomic E-state index is -2.35. The average molecular weight is 727 g/mol. The molecular formula is C38H70O9Si2. The third-order valence-electron chi connectivity index (χ3n) is 10.9. The van der Waals surface area contributed by atoms with Crippen molar-refractivity contribution in [1.29, 1.82) is 0 Å². The first-order valence-electron chi connectivity index (χ1n) is 17.8. The van der Waals surface area contributed by atoms with E-state index >= 15 is 0 Å². The Morgan fingerprint density at radius 2 is 1.51 bits per heavy atom. The van der Waals surface area contributed by atoms with E-state index in [4.69, 9.17) is 37.3 Å². The molecule has 1 aromatic carbocycles. The molecule has 1 fully saturated rings. The molecule has 49 heavy (non-hydrogen) atoms. The first-order valence-corrected chi connectivity index (χ1v) is 23.6. The molecule has 1 saturated heterocycles. The van der Waals surface area contributed by atoms with Crippen molar-refractivity contribution in [1.82, 2.24) is 0 Å². The summed E-state index contributed by atoms with van der Waals surface area (Å²) in [5, 5.41) is 12.2. The zero-order valence-corrected chi connectivity index (χ0v) is 35.2. The molecule has 0 saturated carbocycles. The fourth-order valence-corrected chi connectivity index (χ4v) is 7.84. The second-order valence-corrected chi connectivity index (χ2v) is 26.4. The largest absolute Gasteiger partial charge is 0.497 e. The molecule has 1 unspecified atom stereocenters. The van der Waals surface area contributed by atoms with E-state index in [9.17, 15) is 5.11 Å². The van der Waals surface area contributed by atoms with Crippen LogP contribution in [0.3, 0.4) is 0 Å². The van der Waals surface area contributed by atoms with Crippen LogP contribution in [0.1, 0.15) is 61.0 Å². The van der Waals surface area contributed by atoms with Gasteiger partial charge in [-0.15, -0.1) is 6.58 Å². The molecule has 0 spiro atoms. The summed E-state index contributed by atoms with van der Waals surface area (Å²) in [6.45, 7) is 33.4. The van der Waals surface area contributed by atoms with Crippen molar-refractivity contribution in [3.63, 3.8) is 0 Å².